The molecule has 2 nitrogen and oxygen atoms in total. The fraction of sp³-hybridized carbons (Fsp3) is 1.00. The number of nitrogens with zero attached hydrogens (tertiary/aromatic N) is 1. The Morgan fingerprint density at radius 3 is 2.41 bits per heavy atom. The highest BCUT2D eigenvalue weighted by molar-refractivity contribution is 4.65. The maximum Gasteiger partial charge on any atom is -0.000664 e. The van der Waals surface area contributed by atoms with Crippen LogP contribution in [-0.4, -0.2) is 37.6 Å². The van der Waals surface area contributed by atoms with Crippen molar-refractivity contribution in [2.75, 3.05) is 32.7 Å². The molecule has 1 aliphatic heterocycles. The highest BCUT2D eigenvalue weighted by atomic mass is 15.1. The second kappa shape index (κ2) is 8.93. The van der Waals surface area contributed by atoms with Crippen molar-refractivity contribution < 1.29 is 0 Å². The van der Waals surface area contributed by atoms with E-state index in [2.05, 4.69) is 31.0 Å². The zero-order chi connectivity index (χ0) is 12.5. The monoisotopic (exact) mass is 240 g/mol. The molecule has 1 fully saturated rings. The lowest BCUT2D eigenvalue weighted by Gasteiger charge is -2.26. The van der Waals surface area contributed by atoms with E-state index in [4.69, 9.17) is 0 Å². The van der Waals surface area contributed by atoms with Crippen LogP contribution in [0.3, 0.4) is 0 Å². The fourth-order valence-electron chi connectivity index (χ4n) is 2.85. The molecule has 0 amide bonds. The molecule has 1 rings (SSSR count). The summed E-state index contributed by atoms with van der Waals surface area (Å²) >= 11 is 0. The quantitative estimate of drug-likeness (QED) is 0.656. The van der Waals surface area contributed by atoms with Crippen LogP contribution >= 0.6 is 0 Å². The molecule has 0 radical (unpaired) electrons. The lowest BCUT2D eigenvalue weighted by Crippen LogP contribution is -2.32. The second-order valence-electron chi connectivity index (χ2n) is 6.19. The molecule has 0 aromatic heterocycles. The van der Waals surface area contributed by atoms with Crippen molar-refractivity contribution in [3.8, 4) is 0 Å². The van der Waals surface area contributed by atoms with Gasteiger partial charge >= 0.3 is 0 Å². The highest BCUT2D eigenvalue weighted by Gasteiger charge is 2.09. The predicted molar refractivity (Wildman–Crippen MR) is 76.4 cm³/mol. The minimum Gasteiger partial charge on any atom is -0.316 e. The first-order valence-corrected chi connectivity index (χ1v) is 7.61. The number of piperidine rings is 1. The number of hydrogen-bond acceptors (Lipinski definition) is 2. The van der Waals surface area contributed by atoms with E-state index in [1.807, 2.05) is 0 Å². The average molecular weight is 240 g/mol. The van der Waals surface area contributed by atoms with Crippen molar-refractivity contribution in [1.82, 2.24) is 10.2 Å². The van der Waals surface area contributed by atoms with E-state index < -0.39 is 0 Å². The first kappa shape index (κ1) is 15.0. The molecule has 1 unspecified atom stereocenters. The van der Waals surface area contributed by atoms with Crippen molar-refractivity contribution in [2.24, 2.45) is 11.8 Å². The Hall–Kier alpha value is -0.0800. The Labute approximate surface area is 108 Å². The van der Waals surface area contributed by atoms with Crippen LogP contribution in [0.1, 0.15) is 52.9 Å². The number of hydrogen-bond donors (Lipinski definition) is 1. The Morgan fingerprint density at radius 2 is 1.76 bits per heavy atom. The van der Waals surface area contributed by atoms with Crippen molar-refractivity contribution in [3.05, 3.63) is 0 Å². The molecule has 102 valence electrons. The maximum absolute atomic E-state index is 3.60. The first-order valence-electron chi connectivity index (χ1n) is 7.61. The van der Waals surface area contributed by atoms with Crippen LogP contribution in [0.25, 0.3) is 0 Å². The smallest absolute Gasteiger partial charge is 0.000664 e. The molecule has 17 heavy (non-hydrogen) atoms. The minimum absolute atomic E-state index is 0.824. The van der Waals surface area contributed by atoms with Gasteiger partial charge in [-0.3, -0.25) is 0 Å². The summed E-state index contributed by atoms with van der Waals surface area (Å²) in [6, 6.07) is 0. The van der Waals surface area contributed by atoms with Gasteiger partial charge in [-0.05, 0) is 70.2 Å². The molecular formula is C15H32N2. The summed E-state index contributed by atoms with van der Waals surface area (Å²) in [5.74, 6) is 1.66. The molecule has 0 aromatic rings. The van der Waals surface area contributed by atoms with Gasteiger partial charge in [0.05, 0.1) is 0 Å². The molecule has 1 saturated heterocycles. The summed E-state index contributed by atoms with van der Waals surface area (Å²) < 4.78 is 0. The van der Waals surface area contributed by atoms with Gasteiger partial charge in [0, 0.05) is 0 Å². The van der Waals surface area contributed by atoms with Crippen molar-refractivity contribution in [1.29, 1.82) is 0 Å². The first-order chi connectivity index (χ1) is 8.18. The van der Waals surface area contributed by atoms with E-state index in [0.717, 1.165) is 11.8 Å². The average Bonchev–Trinajstić information content (AvgIpc) is 2.29. The molecule has 1 N–H and O–H groups in total. The molecule has 0 saturated carbocycles. The van der Waals surface area contributed by atoms with E-state index in [0.29, 0.717) is 0 Å². The van der Waals surface area contributed by atoms with Gasteiger partial charge in [-0.2, -0.15) is 0 Å². The van der Waals surface area contributed by atoms with Gasteiger partial charge in [0.2, 0.25) is 0 Å². The molecule has 2 heteroatoms. The highest BCUT2D eigenvalue weighted by Crippen LogP contribution is 2.10. The molecule has 1 aliphatic rings. The SMILES string of the molecule is CC(C)CC(C)CNCCCN1CCCCC1. The number of rotatable bonds is 8. The van der Waals surface area contributed by atoms with Crippen molar-refractivity contribution in [3.63, 3.8) is 0 Å². The van der Waals surface area contributed by atoms with Crippen molar-refractivity contribution in [2.45, 2.75) is 52.9 Å². The van der Waals surface area contributed by atoms with Crippen molar-refractivity contribution >= 4 is 0 Å². The zero-order valence-electron chi connectivity index (χ0n) is 12.2. The van der Waals surface area contributed by atoms with Gasteiger partial charge < -0.3 is 10.2 Å². The molecule has 0 aliphatic carbocycles. The van der Waals surface area contributed by atoms with Gasteiger partial charge in [-0.1, -0.05) is 27.2 Å². The lowest BCUT2D eigenvalue weighted by molar-refractivity contribution is 0.225. The van der Waals surface area contributed by atoms with Gasteiger partial charge in [0.1, 0.15) is 0 Å². The number of nitrogens with one attached hydrogen (secondary N) is 1. The standard InChI is InChI=1S/C15H32N2/c1-14(2)12-15(3)13-16-8-7-11-17-9-5-4-6-10-17/h14-16H,4-13H2,1-3H3. The third-order valence-electron chi connectivity index (χ3n) is 3.64. The van der Waals surface area contributed by atoms with E-state index >= 15 is 0 Å². The van der Waals surface area contributed by atoms with E-state index in [1.54, 1.807) is 0 Å². The third-order valence-corrected chi connectivity index (χ3v) is 3.64. The second-order valence-corrected chi connectivity index (χ2v) is 6.19. The normalized spacial score (nSPS) is 19.8. The van der Waals surface area contributed by atoms with Crippen LogP contribution in [-0.2, 0) is 0 Å². The Kier molecular flexibility index (Phi) is 7.87. The topological polar surface area (TPSA) is 15.3 Å². The van der Waals surface area contributed by atoms with Crippen LogP contribution in [0.5, 0.6) is 0 Å². The summed E-state index contributed by atoms with van der Waals surface area (Å²) in [5, 5.41) is 3.60. The van der Waals surface area contributed by atoms with Gasteiger partial charge in [0.15, 0.2) is 0 Å². The number of likely N-dealkylation sites (tertiary alicyclic amines) is 1. The zero-order valence-corrected chi connectivity index (χ0v) is 12.2. The van der Waals surface area contributed by atoms with Gasteiger partial charge in [0.25, 0.3) is 0 Å². The summed E-state index contributed by atoms with van der Waals surface area (Å²) in [6.45, 7) is 13.3. The fourth-order valence-corrected chi connectivity index (χ4v) is 2.85. The largest absolute Gasteiger partial charge is 0.316 e. The molecule has 1 atom stereocenters. The van der Waals surface area contributed by atoms with Crippen LogP contribution in [0, 0.1) is 11.8 Å². The molecule has 1 heterocycles. The van der Waals surface area contributed by atoms with Crippen LogP contribution in [0.2, 0.25) is 0 Å². The molecule has 0 bridgehead atoms. The van der Waals surface area contributed by atoms with Crippen LogP contribution in [0.15, 0.2) is 0 Å². The van der Waals surface area contributed by atoms with Gasteiger partial charge in [-0.25, -0.2) is 0 Å². The Balaban J connectivity index is 1.89. The van der Waals surface area contributed by atoms with Crippen LogP contribution < -0.4 is 5.32 Å². The molecular weight excluding hydrogens is 208 g/mol. The summed E-state index contributed by atoms with van der Waals surface area (Å²) in [6.07, 6.45) is 6.94. The Morgan fingerprint density at radius 1 is 1.06 bits per heavy atom. The van der Waals surface area contributed by atoms with E-state index in [9.17, 15) is 0 Å². The van der Waals surface area contributed by atoms with Crippen LogP contribution in [0.4, 0.5) is 0 Å². The molecule has 0 aromatic carbocycles. The summed E-state index contributed by atoms with van der Waals surface area (Å²) in [7, 11) is 0. The van der Waals surface area contributed by atoms with E-state index in [1.165, 1.54) is 64.8 Å². The van der Waals surface area contributed by atoms with Gasteiger partial charge in [-0.15, -0.1) is 0 Å². The van der Waals surface area contributed by atoms with E-state index in [-0.39, 0.29) is 0 Å². The lowest BCUT2D eigenvalue weighted by atomic mass is 9.99. The Bertz CT molecular complexity index is 174. The predicted octanol–water partition coefficient (Wildman–Crippen LogP) is 3.13. The maximum atomic E-state index is 3.60. The minimum atomic E-state index is 0.824. The summed E-state index contributed by atoms with van der Waals surface area (Å²) in [5.41, 5.74) is 0. The third kappa shape index (κ3) is 7.77. The summed E-state index contributed by atoms with van der Waals surface area (Å²) in [4.78, 5) is 2.63. The molecule has 0 spiro atoms.